The Kier molecular flexibility index (Phi) is 3.97. The van der Waals surface area contributed by atoms with Crippen LogP contribution in [0.15, 0.2) is 24.3 Å². The molecule has 1 heterocycles. The molecule has 6 nitrogen and oxygen atoms in total. The highest BCUT2D eigenvalue weighted by atomic mass is 19.1. The van der Waals surface area contributed by atoms with Crippen molar-refractivity contribution < 1.29 is 23.8 Å². The van der Waals surface area contributed by atoms with Gasteiger partial charge in [-0.25, -0.2) is 9.18 Å². The van der Waals surface area contributed by atoms with Crippen LogP contribution in [0.3, 0.4) is 0 Å². The Bertz CT molecular complexity index is 617. The van der Waals surface area contributed by atoms with Crippen LogP contribution in [0.4, 0.5) is 9.18 Å². The minimum absolute atomic E-state index is 0.0944. The zero-order valence-corrected chi connectivity index (χ0v) is 12.8. The molecule has 0 radical (unpaired) electrons. The summed E-state index contributed by atoms with van der Waals surface area (Å²) in [6.45, 7) is 1.50. The van der Waals surface area contributed by atoms with Crippen LogP contribution >= 0.6 is 0 Å². The van der Waals surface area contributed by atoms with Gasteiger partial charge in [0.05, 0.1) is 6.54 Å². The molecule has 23 heavy (non-hydrogen) atoms. The number of aliphatic hydroxyl groups is 1. The van der Waals surface area contributed by atoms with Gasteiger partial charge in [0.2, 0.25) is 0 Å². The molecule has 1 aromatic carbocycles. The lowest BCUT2D eigenvalue weighted by Crippen LogP contribution is -2.46. The number of benzene rings is 1. The van der Waals surface area contributed by atoms with Crippen molar-refractivity contribution in [2.45, 2.75) is 31.4 Å². The van der Waals surface area contributed by atoms with Crippen LogP contribution < -0.4 is 10.1 Å². The van der Waals surface area contributed by atoms with Gasteiger partial charge in [-0.1, -0.05) is 0 Å². The third kappa shape index (κ3) is 3.14. The smallest absolute Gasteiger partial charge is 0.325 e. The fraction of sp³-hybridized carbons (Fsp3) is 0.500. The maximum absolute atomic E-state index is 12.8. The molecule has 1 saturated heterocycles. The lowest BCUT2D eigenvalue weighted by Gasteiger charge is -2.22. The van der Waals surface area contributed by atoms with E-state index in [1.165, 1.54) is 24.3 Å². The summed E-state index contributed by atoms with van der Waals surface area (Å²) in [6.07, 6.45) is 0.829. The SMILES string of the molecule is CC1(C2CC2)NC(=O)N(CC(O)COc2ccc(F)cc2)C1=O. The van der Waals surface area contributed by atoms with E-state index in [-0.39, 0.29) is 30.8 Å². The number of ether oxygens (including phenoxy) is 1. The summed E-state index contributed by atoms with van der Waals surface area (Å²) in [5, 5.41) is 12.7. The number of rotatable bonds is 6. The van der Waals surface area contributed by atoms with E-state index in [2.05, 4.69) is 5.32 Å². The number of β-amino-alcohol motifs (C(OH)–C–C–N with tert-alkyl or cyclic N) is 1. The normalized spacial score (nSPS) is 25.4. The molecule has 1 aromatic rings. The number of aliphatic hydroxyl groups excluding tert-OH is 1. The minimum atomic E-state index is -1.02. The quantitative estimate of drug-likeness (QED) is 0.774. The van der Waals surface area contributed by atoms with Gasteiger partial charge in [0.15, 0.2) is 0 Å². The molecule has 1 saturated carbocycles. The molecule has 2 N–H and O–H groups in total. The first-order valence-electron chi connectivity index (χ1n) is 7.60. The van der Waals surface area contributed by atoms with Crippen LogP contribution in [-0.4, -0.2) is 46.7 Å². The van der Waals surface area contributed by atoms with Crippen LogP contribution in [-0.2, 0) is 4.79 Å². The summed E-state index contributed by atoms with van der Waals surface area (Å²) in [5.41, 5.74) is -0.853. The largest absolute Gasteiger partial charge is 0.491 e. The minimum Gasteiger partial charge on any atom is -0.491 e. The Hall–Kier alpha value is -2.15. The van der Waals surface area contributed by atoms with Crippen molar-refractivity contribution in [3.63, 3.8) is 0 Å². The fourth-order valence-corrected chi connectivity index (χ4v) is 2.81. The molecule has 2 fully saturated rings. The highest BCUT2D eigenvalue weighted by molar-refractivity contribution is 6.07. The van der Waals surface area contributed by atoms with E-state index < -0.39 is 17.7 Å². The number of carbonyl (C=O) groups excluding carboxylic acids is 2. The van der Waals surface area contributed by atoms with Gasteiger partial charge < -0.3 is 15.2 Å². The summed E-state index contributed by atoms with van der Waals surface area (Å²) in [6, 6.07) is 4.91. The summed E-state index contributed by atoms with van der Waals surface area (Å²) in [5.74, 6) is -0.0931. The number of carbonyl (C=O) groups is 2. The van der Waals surface area contributed by atoms with Crippen molar-refractivity contribution in [2.75, 3.05) is 13.2 Å². The predicted octanol–water partition coefficient (Wildman–Crippen LogP) is 1.29. The summed E-state index contributed by atoms with van der Waals surface area (Å²) in [7, 11) is 0. The van der Waals surface area contributed by atoms with E-state index in [4.69, 9.17) is 4.74 Å². The molecule has 2 aliphatic rings. The van der Waals surface area contributed by atoms with Crippen molar-refractivity contribution >= 4 is 11.9 Å². The second-order valence-corrected chi connectivity index (χ2v) is 6.24. The van der Waals surface area contributed by atoms with E-state index >= 15 is 0 Å². The van der Waals surface area contributed by atoms with Crippen molar-refractivity contribution in [3.05, 3.63) is 30.1 Å². The molecule has 3 rings (SSSR count). The standard InChI is InChI=1S/C16H19FN2O4/c1-16(10-2-3-10)14(21)19(15(22)18-16)8-12(20)9-23-13-6-4-11(17)5-7-13/h4-7,10,12,20H,2-3,8-9H2,1H3,(H,18,22). The van der Waals surface area contributed by atoms with Crippen LogP contribution in [0.2, 0.25) is 0 Å². The molecule has 1 aliphatic heterocycles. The molecule has 0 bridgehead atoms. The number of nitrogens with zero attached hydrogens (tertiary/aromatic N) is 1. The van der Waals surface area contributed by atoms with Crippen molar-refractivity contribution in [1.82, 2.24) is 10.2 Å². The van der Waals surface area contributed by atoms with Crippen LogP contribution in [0.5, 0.6) is 5.75 Å². The van der Waals surface area contributed by atoms with Gasteiger partial charge in [0.25, 0.3) is 5.91 Å². The maximum atomic E-state index is 12.8. The van der Waals surface area contributed by atoms with Gasteiger partial charge in [-0.15, -0.1) is 0 Å². The van der Waals surface area contributed by atoms with Gasteiger partial charge in [-0.3, -0.25) is 9.69 Å². The van der Waals surface area contributed by atoms with Crippen molar-refractivity contribution in [1.29, 1.82) is 0 Å². The van der Waals surface area contributed by atoms with Crippen molar-refractivity contribution in [3.8, 4) is 5.75 Å². The molecule has 7 heteroatoms. The third-order valence-corrected chi connectivity index (χ3v) is 4.34. The van der Waals surface area contributed by atoms with E-state index in [0.717, 1.165) is 17.7 Å². The molecule has 124 valence electrons. The number of nitrogens with one attached hydrogen (secondary N) is 1. The van der Waals surface area contributed by atoms with Crippen LogP contribution in [0.1, 0.15) is 19.8 Å². The van der Waals surface area contributed by atoms with Crippen molar-refractivity contribution in [2.24, 2.45) is 5.92 Å². The number of amides is 3. The number of urea groups is 1. The van der Waals surface area contributed by atoms with E-state index in [1.807, 2.05) is 0 Å². The Balaban J connectivity index is 1.55. The van der Waals surface area contributed by atoms with Gasteiger partial charge in [0.1, 0.15) is 29.8 Å². The molecular weight excluding hydrogens is 303 g/mol. The van der Waals surface area contributed by atoms with Gasteiger partial charge >= 0.3 is 6.03 Å². The molecule has 2 atom stereocenters. The Morgan fingerprint density at radius 3 is 2.65 bits per heavy atom. The van der Waals surface area contributed by atoms with Crippen LogP contribution in [0, 0.1) is 11.7 Å². The van der Waals surface area contributed by atoms with Gasteiger partial charge in [-0.2, -0.15) is 0 Å². The van der Waals surface area contributed by atoms with E-state index in [0.29, 0.717) is 5.75 Å². The Morgan fingerprint density at radius 1 is 1.39 bits per heavy atom. The molecule has 3 amide bonds. The highest BCUT2D eigenvalue weighted by Gasteiger charge is 2.56. The second kappa shape index (κ2) is 5.81. The van der Waals surface area contributed by atoms with E-state index in [9.17, 15) is 19.1 Å². The molecule has 2 unspecified atom stereocenters. The van der Waals surface area contributed by atoms with Gasteiger partial charge in [0, 0.05) is 0 Å². The fourth-order valence-electron chi connectivity index (χ4n) is 2.81. The molecule has 0 spiro atoms. The number of hydrogen-bond acceptors (Lipinski definition) is 4. The topological polar surface area (TPSA) is 78.9 Å². The monoisotopic (exact) mass is 322 g/mol. The maximum Gasteiger partial charge on any atom is 0.325 e. The number of hydrogen-bond donors (Lipinski definition) is 2. The Morgan fingerprint density at radius 2 is 2.04 bits per heavy atom. The number of imide groups is 1. The first kappa shape index (κ1) is 15.7. The Labute approximate surface area is 133 Å². The van der Waals surface area contributed by atoms with E-state index in [1.54, 1.807) is 6.92 Å². The molecule has 0 aromatic heterocycles. The zero-order chi connectivity index (χ0) is 16.6. The molecule has 1 aliphatic carbocycles. The second-order valence-electron chi connectivity index (χ2n) is 6.24. The average molecular weight is 322 g/mol. The summed E-state index contributed by atoms with van der Waals surface area (Å²) < 4.78 is 18.1. The van der Waals surface area contributed by atoms with Gasteiger partial charge in [-0.05, 0) is 49.9 Å². The first-order chi connectivity index (χ1) is 10.9. The third-order valence-electron chi connectivity index (χ3n) is 4.34. The zero-order valence-electron chi connectivity index (χ0n) is 12.8. The lowest BCUT2D eigenvalue weighted by atomic mass is 9.96. The lowest BCUT2D eigenvalue weighted by molar-refractivity contribution is -0.132. The predicted molar refractivity (Wildman–Crippen MR) is 79.3 cm³/mol. The number of halogens is 1. The van der Waals surface area contributed by atoms with Crippen LogP contribution in [0.25, 0.3) is 0 Å². The highest BCUT2D eigenvalue weighted by Crippen LogP contribution is 2.42. The molecular formula is C16H19FN2O4. The first-order valence-corrected chi connectivity index (χ1v) is 7.60. The average Bonchev–Trinajstić information content (AvgIpc) is 3.33. The summed E-state index contributed by atoms with van der Waals surface area (Å²) in [4.78, 5) is 25.4. The summed E-state index contributed by atoms with van der Waals surface area (Å²) >= 11 is 0.